The van der Waals surface area contributed by atoms with Gasteiger partial charge in [-0.2, -0.15) is 26.3 Å². The summed E-state index contributed by atoms with van der Waals surface area (Å²) in [6.07, 6.45) is -64.9. The standard InChI is InChI=1S/C26H46O18.C20H36O14.C18H32O12.C14H26O10.5CHNO/c1-7-20(21(11(6-28)41-23(7)37-4)43-24-18(35)15(32)12(29)8(2)38-24)42-26-22(17(34)14(31)10(5-27)40-26)44-25-19(36)16(33)13(30)9(3)39-25;1-6-16(33-20-15(28)13(26)11(24)8(4-21)31-20)17(9(5-22)32-18(6)29-3)34-19-14(27)12(25)10(23)7(2)30-19;1-7-9(20)4-18(17(25)26,30-15(7)13(23)10(21)5-19)28-6-11-14(24)12(22)8(2)16(27-3)29-11;1-5-12(9(18)7(4-16)22-13(5)21-2)24-14-11(20)10(19)8(17)6(3-15)23-14;5*2-1-3/h7-36H,5-6H2,1-4H3;6-28H,4-5H2,1-3H3;7-16,19-24H,4-6H2,1-3H3,(H,25,26);5-20H,3-4H2,1-2H3;5*3H/t7?,8?,9?,10?,11?,12-,13-,14+,15+,16+,17+,18?,19?,20-,21-,22?,23?,24+,25+,26+;6?,7?,8?,9?,10-,11+,12+,13+,14?,15?,16-,17-,18?,19+,20+;7-,8?,9-,10-,11?,12-,13-,14+,15?,16?,18-;5?,6?,7?,8-,9-,10-,11?,12+,13?,14-;;;;;/m1110...../s1. The average molecular weight is 2160 g/mol. The van der Waals surface area contributed by atoms with Crippen molar-refractivity contribution in [2.45, 2.75) is 375 Å². The Morgan fingerprint density at radius 3 is 0.878 bits per heavy atom. The van der Waals surface area contributed by atoms with E-state index in [-0.39, 0.29) is 0 Å². The van der Waals surface area contributed by atoms with E-state index < -0.39 is 408 Å². The minimum Gasteiger partial charge on any atom is -0.477 e. The highest BCUT2D eigenvalue weighted by molar-refractivity contribution is 5.76. The first kappa shape index (κ1) is 135. The lowest BCUT2D eigenvalue weighted by Crippen LogP contribution is -2.66. The Kier molecular flexibility index (Phi) is 59.6. The fourth-order valence-electron chi connectivity index (χ4n) is 17.1. The van der Waals surface area contributed by atoms with Crippen LogP contribution in [0.4, 0.5) is 0 Å². The normalized spacial score (nSPS) is 45.7. The van der Waals surface area contributed by atoms with E-state index in [1.807, 2.05) is 0 Å². The molecule has 11 aliphatic rings. The Balaban J connectivity index is 0.000000489. The maximum absolute atomic E-state index is 12.0. The second kappa shape index (κ2) is 64.9. The van der Waals surface area contributed by atoms with Crippen molar-refractivity contribution in [1.82, 2.24) is 0 Å². The van der Waals surface area contributed by atoms with E-state index in [2.05, 4.69) is 0 Å². The predicted octanol–water partition coefficient (Wildman–Crippen LogP) is -17.6. The number of hydrogen-bond donors (Lipinski definition) is 36. The molecule has 36 N–H and O–H groups in total. The van der Waals surface area contributed by atoms with Crippen molar-refractivity contribution in [1.29, 1.82) is 26.3 Å². The molecule has 64 nitrogen and oxygen atoms in total. The first-order valence-electron chi connectivity index (χ1n) is 45.4. The van der Waals surface area contributed by atoms with Crippen molar-refractivity contribution < 1.29 is 293 Å². The Hall–Kier alpha value is -6.16. The molecule has 0 aromatic rings. The van der Waals surface area contributed by atoms with E-state index in [9.17, 15) is 158 Å². The van der Waals surface area contributed by atoms with Gasteiger partial charge in [-0.3, -0.25) is 0 Å². The van der Waals surface area contributed by atoms with Crippen LogP contribution in [0.25, 0.3) is 0 Å². The molecule has 25 unspecified atom stereocenters. The van der Waals surface area contributed by atoms with Crippen molar-refractivity contribution in [2.75, 3.05) is 81.3 Å². The summed E-state index contributed by atoms with van der Waals surface area (Å²) < 4.78 is 123. The Morgan fingerprint density at radius 2 is 0.551 bits per heavy atom. The number of rotatable bonds is 29. The van der Waals surface area contributed by atoms with Gasteiger partial charge in [-0.05, 0) is 20.8 Å². The van der Waals surface area contributed by atoms with E-state index in [1.165, 1.54) is 56.1 Å². The first-order chi connectivity index (χ1) is 69.2. The largest absolute Gasteiger partial charge is 0.477 e. The zero-order valence-electron chi connectivity index (χ0n) is 81.3. The first-order valence-corrected chi connectivity index (χ1v) is 45.4. The van der Waals surface area contributed by atoms with Gasteiger partial charge in [0.15, 0.2) is 62.9 Å². The topological polar surface area (TPSA) is 1070 Å². The molecule has 0 aromatic heterocycles. The number of hydrogen-bond acceptors (Lipinski definition) is 63. The number of nitriles is 5. The smallest absolute Gasteiger partial charge is 0.364 e. The Labute approximate surface area is 839 Å². The number of ether oxygens (including phenoxy) is 22. The zero-order chi connectivity index (χ0) is 112. The fourth-order valence-corrected chi connectivity index (χ4v) is 17.1. The van der Waals surface area contributed by atoms with Crippen LogP contribution in [-0.2, 0) is 109 Å². The lowest BCUT2D eigenvalue weighted by atomic mass is 9.84. The fraction of sp³-hybridized carbons (Fsp3) is 0.928. The number of aliphatic carboxylic acids is 1. The Bertz CT molecular complexity index is 3790. The molecule has 11 heterocycles. The maximum Gasteiger partial charge on any atom is 0.364 e. The summed E-state index contributed by atoms with van der Waals surface area (Å²) in [6.45, 7) is 7.38. The lowest BCUT2D eigenvalue weighted by Gasteiger charge is -2.50. The zero-order valence-corrected chi connectivity index (χ0v) is 81.3. The lowest BCUT2D eigenvalue weighted by molar-refractivity contribution is -0.395. The van der Waals surface area contributed by atoms with Gasteiger partial charge < -0.3 is 288 Å². The van der Waals surface area contributed by atoms with E-state index in [1.54, 1.807) is 27.7 Å². The van der Waals surface area contributed by atoms with Gasteiger partial charge in [0.2, 0.25) is 0 Å². The molecular formula is C83H145N5O59. The minimum atomic E-state index is -2.42. The van der Waals surface area contributed by atoms with Crippen LogP contribution in [0.1, 0.15) is 61.8 Å². The number of carbonyl (C=O) groups is 1. The molecule has 147 heavy (non-hydrogen) atoms. The summed E-state index contributed by atoms with van der Waals surface area (Å²) in [5.41, 5.74) is 0. The van der Waals surface area contributed by atoms with Crippen molar-refractivity contribution in [3.8, 4) is 31.3 Å². The average Bonchev–Trinajstić information content (AvgIpc) is 0.773. The van der Waals surface area contributed by atoms with Crippen LogP contribution in [-0.4, -0.2) is 584 Å². The third-order valence-electron chi connectivity index (χ3n) is 25.7. The van der Waals surface area contributed by atoms with Gasteiger partial charge in [-0.25, -0.2) is 4.79 Å². The van der Waals surface area contributed by atoms with E-state index >= 15 is 0 Å². The third-order valence-corrected chi connectivity index (χ3v) is 25.7. The van der Waals surface area contributed by atoms with Crippen LogP contribution < -0.4 is 0 Å². The van der Waals surface area contributed by atoms with Gasteiger partial charge in [0.05, 0.1) is 108 Å². The molecule has 0 amide bonds. The SMILES string of the molecule is COC1OC(CO)[C@@H](O[C@@H]2OC(C)[C@@H](O)[C@H](O)C2O)[C@H](O[C@@H]2OC(CO)[C@H](O)[C@H](O)C2O)C1C.COC1OC(CO)[C@@H](O[C@@H]2OC(C)[C@@H](O)[C@H](O)C2O)[C@H](O[C@@H]2OC(CO)[C@H](O)[C@H](O)C2O[C@@H]2OC(C)[C@@H](O)[C@H](O)C2O)C1C.COC1OC(CO)[C@H](O)[C@H](O[C@@H]2OC(CO)[C@H](O)[C@H](O)C2O)C1C.COC1OC(CO[C@]2(C(=O)O)C[C@@H](O)[C@@H](C)C([C@H](O)[C@H](O)CO)O2)[C@H](O)[C@H](O)C1C.N#CO.N#CO.N#CO.N#CO.N#CO. The van der Waals surface area contributed by atoms with Crippen LogP contribution in [0.15, 0.2) is 0 Å². The van der Waals surface area contributed by atoms with E-state index in [0.29, 0.717) is 0 Å². The Morgan fingerprint density at radius 1 is 0.299 bits per heavy atom. The van der Waals surface area contributed by atoms with Crippen LogP contribution in [0.3, 0.4) is 0 Å². The molecule has 0 radical (unpaired) electrons. The number of methoxy groups -OCH3 is 4. The molecule has 56 atom stereocenters. The second-order valence-corrected chi connectivity index (χ2v) is 35.1. The molecule has 0 aliphatic carbocycles. The van der Waals surface area contributed by atoms with Crippen molar-refractivity contribution in [3.05, 3.63) is 0 Å². The number of carboxylic acids is 1. The molecule has 0 bridgehead atoms. The summed E-state index contributed by atoms with van der Waals surface area (Å²) in [5, 5.41) is 381. The second-order valence-electron chi connectivity index (χ2n) is 35.1. The summed E-state index contributed by atoms with van der Waals surface area (Å²) in [5.74, 6) is -7.22. The van der Waals surface area contributed by atoms with Crippen molar-refractivity contribution in [3.63, 3.8) is 0 Å². The molecule has 11 rings (SSSR count). The van der Waals surface area contributed by atoms with Gasteiger partial charge in [0.25, 0.3) is 37.1 Å². The van der Waals surface area contributed by atoms with Crippen molar-refractivity contribution >= 4 is 5.97 Å². The highest BCUT2D eigenvalue weighted by atomic mass is 16.8. The highest BCUT2D eigenvalue weighted by Gasteiger charge is 2.61. The minimum absolute atomic E-state index is 0.470. The molecule has 11 fully saturated rings. The number of carboxylic acid groups (broad SMARTS) is 1. The monoisotopic (exact) mass is 2160 g/mol. The molecule has 0 saturated carbocycles. The molecule has 64 heteroatoms. The number of nitrogens with zero attached hydrogens (tertiary/aromatic N) is 5. The van der Waals surface area contributed by atoms with Gasteiger partial charge in [0, 0.05) is 64.4 Å². The molecular weight excluding hydrogens is 2010 g/mol. The maximum atomic E-state index is 12.0. The van der Waals surface area contributed by atoms with Crippen LogP contribution in [0.5, 0.6) is 0 Å². The number of aliphatic hydroxyl groups is 35. The van der Waals surface area contributed by atoms with E-state index in [4.69, 9.17) is 161 Å². The van der Waals surface area contributed by atoms with Gasteiger partial charge in [0.1, 0.15) is 189 Å². The van der Waals surface area contributed by atoms with E-state index in [0.717, 1.165) is 31.3 Å². The molecule has 0 aromatic carbocycles. The summed E-state index contributed by atoms with van der Waals surface area (Å²) in [7, 11) is 5.46. The molecule has 856 valence electrons. The summed E-state index contributed by atoms with van der Waals surface area (Å²) in [6, 6.07) is 0. The summed E-state index contributed by atoms with van der Waals surface area (Å²) in [4.78, 5) is 12.0. The molecule has 0 spiro atoms. The number of aliphatic hydroxyl groups excluding tert-OH is 35. The van der Waals surface area contributed by atoms with Crippen molar-refractivity contribution in [2.24, 2.45) is 29.6 Å². The highest BCUT2D eigenvalue weighted by Crippen LogP contribution is 2.43. The molecule has 11 aliphatic heterocycles. The van der Waals surface area contributed by atoms with Gasteiger partial charge in [-0.1, -0.05) is 34.6 Å². The van der Waals surface area contributed by atoms with Gasteiger partial charge in [-0.15, -0.1) is 0 Å². The molecule has 11 saturated heterocycles. The van der Waals surface area contributed by atoms with Crippen LogP contribution >= 0.6 is 0 Å². The quantitative estimate of drug-likeness (QED) is 0.0309. The van der Waals surface area contributed by atoms with Gasteiger partial charge >= 0.3 is 5.97 Å². The summed E-state index contributed by atoms with van der Waals surface area (Å²) >= 11 is 0. The van der Waals surface area contributed by atoms with Crippen LogP contribution in [0, 0.1) is 87.2 Å². The van der Waals surface area contributed by atoms with Crippen LogP contribution in [0.2, 0.25) is 0 Å². The predicted molar refractivity (Wildman–Crippen MR) is 458 cm³/mol. The third kappa shape index (κ3) is 34.4.